The topological polar surface area (TPSA) is 64.6 Å². The van der Waals surface area contributed by atoms with Crippen LogP contribution in [0, 0.1) is 17.3 Å². The van der Waals surface area contributed by atoms with Crippen molar-refractivity contribution in [1.29, 1.82) is 0 Å². The molecule has 0 saturated carbocycles. The quantitative estimate of drug-likeness (QED) is 0.549. The van der Waals surface area contributed by atoms with E-state index in [9.17, 15) is 9.59 Å². The second-order valence-corrected chi connectivity index (χ2v) is 11.7. The Bertz CT molecular complexity index is 460. The third-order valence-corrected chi connectivity index (χ3v) is 6.84. The number of ether oxygens (including phenoxy) is 1. The maximum Gasteiger partial charge on any atom is 0.227 e. The van der Waals surface area contributed by atoms with Gasteiger partial charge in [-0.15, -0.1) is 0 Å². The lowest BCUT2D eigenvalue weighted by Gasteiger charge is -2.46. The van der Waals surface area contributed by atoms with Gasteiger partial charge in [-0.2, -0.15) is 0 Å². The number of nitrogens with one attached hydrogen (secondary N) is 1. The van der Waals surface area contributed by atoms with Crippen molar-refractivity contribution in [2.24, 2.45) is 17.3 Å². The van der Waals surface area contributed by atoms with E-state index < -0.39 is 9.04 Å². The Kier molecular flexibility index (Phi) is 6.93. The summed E-state index contributed by atoms with van der Waals surface area (Å²) in [5.74, 6) is 0.140. The number of thioether (sulfide) groups is 1. The molecule has 0 aromatic heterocycles. The van der Waals surface area contributed by atoms with Crippen molar-refractivity contribution in [2.45, 2.75) is 64.6 Å². The summed E-state index contributed by atoms with van der Waals surface area (Å²) in [6.07, 6.45) is 2.31. The fourth-order valence-electron chi connectivity index (χ4n) is 3.41. The van der Waals surface area contributed by atoms with E-state index >= 15 is 0 Å². The number of rotatable bonds is 7. The number of carbonyl (C=O) groups is 2. The van der Waals surface area contributed by atoms with Crippen LogP contribution in [0.5, 0.6) is 0 Å². The molecule has 24 heavy (non-hydrogen) atoms. The Morgan fingerprint density at radius 3 is 2.67 bits per heavy atom. The molecule has 0 bridgehead atoms. The second-order valence-electron chi connectivity index (χ2n) is 8.07. The van der Waals surface area contributed by atoms with E-state index in [4.69, 9.17) is 9.16 Å². The largest absolute Gasteiger partial charge is 0.421 e. The average Bonchev–Trinajstić information content (AvgIpc) is 2.98. The molecule has 5 nitrogen and oxygen atoms in total. The number of β-lactam (4-membered cyclic amide) rings is 1. The average molecular weight is 374 g/mol. The monoisotopic (exact) mass is 373 g/mol. The van der Waals surface area contributed by atoms with Gasteiger partial charge in [0, 0.05) is 13.2 Å². The number of carbonyl (C=O) groups excluding carboxylic acids is 2. The minimum absolute atomic E-state index is 0.00393. The van der Waals surface area contributed by atoms with E-state index in [-0.39, 0.29) is 39.8 Å². The first-order valence-corrected chi connectivity index (χ1v) is 12.6. The molecule has 0 aromatic carbocycles. The molecule has 7 heteroatoms. The molecule has 0 aliphatic carbocycles. The molecule has 2 fully saturated rings. The zero-order valence-electron chi connectivity index (χ0n) is 15.5. The Morgan fingerprint density at radius 1 is 1.46 bits per heavy atom. The molecule has 0 spiro atoms. The van der Waals surface area contributed by atoms with E-state index in [1.807, 2.05) is 0 Å². The fourth-order valence-corrected chi connectivity index (χ4v) is 5.24. The minimum atomic E-state index is -1.05. The molecular formula is C17H31NO4SSi. The second kappa shape index (κ2) is 8.34. The van der Waals surface area contributed by atoms with Crippen LogP contribution < -0.4 is 5.32 Å². The maximum absolute atomic E-state index is 12.3. The summed E-state index contributed by atoms with van der Waals surface area (Å²) >= 11 is 1.25. The smallest absolute Gasteiger partial charge is 0.227 e. The highest BCUT2D eigenvalue weighted by Gasteiger charge is 2.49. The zero-order valence-corrected chi connectivity index (χ0v) is 17.4. The summed E-state index contributed by atoms with van der Waals surface area (Å²) in [7, 11) is -1.05. The summed E-state index contributed by atoms with van der Waals surface area (Å²) in [5.41, 5.74) is -0.00393. The normalized spacial score (nSPS) is 28.6. The lowest BCUT2D eigenvalue weighted by Crippen LogP contribution is -2.61. The number of amides is 1. The van der Waals surface area contributed by atoms with Gasteiger partial charge in [0.1, 0.15) is 6.10 Å². The van der Waals surface area contributed by atoms with Gasteiger partial charge in [-0.05, 0) is 43.7 Å². The zero-order chi connectivity index (χ0) is 17.9. The van der Waals surface area contributed by atoms with Crippen molar-refractivity contribution in [3.8, 4) is 0 Å². The molecule has 2 saturated heterocycles. The van der Waals surface area contributed by atoms with Crippen LogP contribution in [0.3, 0.4) is 0 Å². The predicted molar refractivity (Wildman–Crippen MR) is 99.4 cm³/mol. The summed E-state index contributed by atoms with van der Waals surface area (Å²) in [4.78, 5) is 24.6. The molecule has 138 valence electrons. The third-order valence-electron chi connectivity index (χ3n) is 4.78. The van der Waals surface area contributed by atoms with Crippen molar-refractivity contribution >= 4 is 31.8 Å². The lowest BCUT2D eigenvalue weighted by molar-refractivity contribution is -0.137. The van der Waals surface area contributed by atoms with Gasteiger partial charge in [-0.1, -0.05) is 32.5 Å². The van der Waals surface area contributed by atoms with Gasteiger partial charge in [-0.25, -0.2) is 0 Å². The van der Waals surface area contributed by atoms with Crippen LogP contribution in [0.4, 0.5) is 0 Å². The Balaban J connectivity index is 1.97. The number of hydrogen-bond acceptors (Lipinski definition) is 5. The Morgan fingerprint density at radius 2 is 2.17 bits per heavy atom. The molecular weight excluding hydrogens is 342 g/mol. The third kappa shape index (κ3) is 5.06. The molecule has 2 heterocycles. The molecule has 4 atom stereocenters. The summed E-state index contributed by atoms with van der Waals surface area (Å²) < 4.78 is 11.3. The first kappa shape index (κ1) is 19.9. The summed E-state index contributed by atoms with van der Waals surface area (Å²) in [5, 5.41) is 2.84. The molecule has 2 rings (SSSR count). The molecule has 2 aliphatic heterocycles. The fraction of sp³-hybridized carbons (Fsp3) is 0.882. The van der Waals surface area contributed by atoms with E-state index in [0.717, 1.165) is 19.3 Å². The van der Waals surface area contributed by atoms with Crippen LogP contribution in [0.25, 0.3) is 0 Å². The predicted octanol–water partition coefficient (Wildman–Crippen LogP) is 2.55. The van der Waals surface area contributed by atoms with Crippen LogP contribution in [0.1, 0.15) is 40.0 Å². The van der Waals surface area contributed by atoms with Crippen LogP contribution in [0.15, 0.2) is 0 Å². The first-order valence-electron chi connectivity index (χ1n) is 8.94. The van der Waals surface area contributed by atoms with Crippen molar-refractivity contribution in [3.05, 3.63) is 0 Å². The van der Waals surface area contributed by atoms with Crippen LogP contribution in [0.2, 0.25) is 13.1 Å². The van der Waals surface area contributed by atoms with Gasteiger partial charge in [0.25, 0.3) is 0 Å². The van der Waals surface area contributed by atoms with Gasteiger partial charge >= 0.3 is 0 Å². The lowest BCUT2D eigenvalue weighted by atomic mass is 9.69. The SMILES string of the molecule is C[SiH](C)OCC[C@H]([C@H]1C(=O)N[C@@H]1SC(=O)[C@H]1CCCO1)C(C)(C)C. The molecule has 1 N–H and O–H groups in total. The van der Waals surface area contributed by atoms with Gasteiger partial charge in [0.15, 0.2) is 9.04 Å². The molecule has 0 aromatic rings. The van der Waals surface area contributed by atoms with Crippen LogP contribution in [-0.4, -0.2) is 44.8 Å². The molecule has 2 aliphatic rings. The Labute approximate surface area is 151 Å². The van der Waals surface area contributed by atoms with E-state index in [1.165, 1.54) is 11.8 Å². The van der Waals surface area contributed by atoms with Gasteiger partial charge in [0.05, 0.1) is 11.3 Å². The number of hydrogen-bond donors (Lipinski definition) is 1. The van der Waals surface area contributed by atoms with Gasteiger partial charge < -0.3 is 14.5 Å². The van der Waals surface area contributed by atoms with Crippen LogP contribution in [-0.2, 0) is 18.8 Å². The maximum atomic E-state index is 12.3. The first-order chi connectivity index (χ1) is 11.2. The van der Waals surface area contributed by atoms with E-state index in [1.54, 1.807) is 0 Å². The standard InChI is InChI=1S/C17H31NO4SSi/c1-17(2,3)11(8-10-22-24(4)5)13-14(19)18-15(13)23-16(20)12-7-6-9-21-12/h11-13,15,24H,6-10H2,1-5H3,(H,18,19)/t11-,12-,13+,15-/m1/s1. The van der Waals surface area contributed by atoms with E-state index in [2.05, 4.69) is 39.2 Å². The highest BCUT2D eigenvalue weighted by Crippen LogP contribution is 2.43. The Hall–Kier alpha value is -0.373. The van der Waals surface area contributed by atoms with Gasteiger partial charge in [-0.3, -0.25) is 9.59 Å². The van der Waals surface area contributed by atoms with Gasteiger partial charge in [0.2, 0.25) is 11.0 Å². The van der Waals surface area contributed by atoms with Crippen molar-refractivity contribution in [3.63, 3.8) is 0 Å². The van der Waals surface area contributed by atoms with Crippen LogP contribution >= 0.6 is 11.8 Å². The van der Waals surface area contributed by atoms with Crippen molar-refractivity contribution in [2.75, 3.05) is 13.2 Å². The molecule has 1 amide bonds. The van der Waals surface area contributed by atoms with Crippen molar-refractivity contribution < 1.29 is 18.8 Å². The highest BCUT2D eigenvalue weighted by atomic mass is 32.2. The molecule has 0 radical (unpaired) electrons. The minimum Gasteiger partial charge on any atom is -0.421 e. The highest BCUT2D eigenvalue weighted by molar-refractivity contribution is 8.14. The summed E-state index contributed by atoms with van der Waals surface area (Å²) in [6, 6.07) is 0. The van der Waals surface area contributed by atoms with Crippen molar-refractivity contribution in [1.82, 2.24) is 5.32 Å². The summed E-state index contributed by atoms with van der Waals surface area (Å²) in [6.45, 7) is 12.2. The molecule has 0 unspecified atom stereocenters. The van der Waals surface area contributed by atoms with E-state index in [0.29, 0.717) is 13.2 Å².